The first kappa shape index (κ1) is 18.6. The zero-order valence-corrected chi connectivity index (χ0v) is 17.5. The second kappa shape index (κ2) is 7.24. The number of amidine groups is 2. The molecule has 3 atom stereocenters. The number of fused-ring (bicyclic) bond motifs is 2. The molecule has 1 fully saturated rings. The summed E-state index contributed by atoms with van der Waals surface area (Å²) in [4.78, 5) is 13.6. The maximum Gasteiger partial charge on any atom is 0.153 e. The Balaban J connectivity index is 1.39. The van der Waals surface area contributed by atoms with Crippen LogP contribution in [0, 0.1) is 17.2 Å². The van der Waals surface area contributed by atoms with E-state index in [-0.39, 0.29) is 18.1 Å². The van der Waals surface area contributed by atoms with Crippen LogP contribution in [0.15, 0.2) is 76.0 Å². The number of para-hydroxylation sites is 1. The quantitative estimate of drug-likeness (QED) is 0.824. The van der Waals surface area contributed by atoms with Crippen molar-refractivity contribution in [1.29, 1.82) is 5.26 Å². The summed E-state index contributed by atoms with van der Waals surface area (Å²) in [7, 11) is 0. The monoisotopic (exact) mass is 422 g/mol. The van der Waals surface area contributed by atoms with Gasteiger partial charge < -0.3 is 15.1 Å². The van der Waals surface area contributed by atoms with Gasteiger partial charge in [0.15, 0.2) is 5.84 Å². The van der Waals surface area contributed by atoms with Gasteiger partial charge in [0.05, 0.1) is 35.8 Å². The lowest BCUT2D eigenvalue weighted by atomic mass is 9.91. The number of aromatic nitrogens is 1. The molecular weight excluding hydrogens is 400 g/mol. The van der Waals surface area contributed by atoms with Crippen molar-refractivity contribution < 1.29 is 0 Å². The van der Waals surface area contributed by atoms with E-state index in [1.807, 2.05) is 35.1 Å². The van der Waals surface area contributed by atoms with Crippen LogP contribution in [0.5, 0.6) is 0 Å². The molecule has 6 rings (SSSR count). The molecule has 0 radical (unpaired) electrons. The molecule has 0 amide bonds. The van der Waals surface area contributed by atoms with Crippen LogP contribution in [0.2, 0.25) is 0 Å². The van der Waals surface area contributed by atoms with Gasteiger partial charge in [-0.05, 0) is 30.2 Å². The Kier molecular flexibility index (Phi) is 4.21. The Bertz CT molecular complexity index is 1240. The van der Waals surface area contributed by atoms with Gasteiger partial charge in [-0.3, -0.25) is 0 Å². The minimum absolute atomic E-state index is 0.0735. The predicted octanol–water partition coefficient (Wildman–Crippen LogP) is 2.78. The first-order valence-corrected chi connectivity index (χ1v) is 10.7. The number of hydrogen-bond donors (Lipinski definition) is 1. The van der Waals surface area contributed by atoms with Crippen LogP contribution in [0.1, 0.15) is 17.7 Å². The lowest BCUT2D eigenvalue weighted by molar-refractivity contribution is 0.230. The third-order valence-corrected chi connectivity index (χ3v) is 6.58. The molecule has 8 nitrogen and oxygen atoms in total. The maximum absolute atomic E-state index is 9.61. The van der Waals surface area contributed by atoms with Crippen molar-refractivity contribution in [2.75, 3.05) is 11.4 Å². The van der Waals surface area contributed by atoms with Gasteiger partial charge >= 0.3 is 0 Å². The zero-order chi connectivity index (χ0) is 21.7. The third kappa shape index (κ3) is 2.71. The molecular formula is C24H22N8. The zero-order valence-electron chi connectivity index (χ0n) is 17.5. The van der Waals surface area contributed by atoms with E-state index in [2.05, 4.69) is 55.9 Å². The van der Waals surface area contributed by atoms with Gasteiger partial charge in [0.25, 0.3) is 0 Å². The van der Waals surface area contributed by atoms with Crippen LogP contribution in [-0.2, 0) is 6.54 Å². The van der Waals surface area contributed by atoms with Crippen LogP contribution < -0.4 is 10.2 Å². The molecule has 2 aromatic rings. The summed E-state index contributed by atoms with van der Waals surface area (Å²) < 4.78 is 1.97. The van der Waals surface area contributed by atoms with Gasteiger partial charge in [-0.25, -0.2) is 14.7 Å². The first-order chi connectivity index (χ1) is 15.8. The van der Waals surface area contributed by atoms with Crippen LogP contribution in [0.4, 0.5) is 5.69 Å². The number of nitrogens with zero attached hydrogens (tertiary/aromatic N) is 7. The van der Waals surface area contributed by atoms with E-state index in [0.717, 1.165) is 41.6 Å². The van der Waals surface area contributed by atoms with Gasteiger partial charge in [0.1, 0.15) is 18.3 Å². The molecule has 8 heteroatoms. The van der Waals surface area contributed by atoms with Crippen molar-refractivity contribution in [2.45, 2.75) is 25.2 Å². The molecule has 0 bridgehead atoms. The number of likely N-dealkylation sites (tertiary alicyclic amines) is 1. The molecule has 4 aliphatic heterocycles. The lowest BCUT2D eigenvalue weighted by Crippen LogP contribution is -2.62. The number of hydrogen-bond acceptors (Lipinski definition) is 7. The minimum Gasteiger partial charge on any atom is -0.368 e. The molecule has 5 heterocycles. The van der Waals surface area contributed by atoms with Crippen LogP contribution in [0.25, 0.3) is 6.08 Å². The van der Waals surface area contributed by atoms with Crippen LogP contribution in [0.3, 0.4) is 0 Å². The standard InChI is InChI=1S/C24H22N8/c1-2-16-8-11-32-20(16)14-31(18-6-4-3-5-7-18)23(29-32)19-9-10-30(19)24-21-17(12-25)13-26-22(21)27-15-28-24/h2-8,11,13,15,19,21-22,26H,1,9-10,14H2/t19-,21?,22?/m0/s1. The van der Waals surface area contributed by atoms with Gasteiger partial charge in [0.2, 0.25) is 0 Å². The maximum atomic E-state index is 9.61. The molecule has 1 aromatic heterocycles. The molecule has 1 saturated heterocycles. The predicted molar refractivity (Wildman–Crippen MR) is 125 cm³/mol. The molecule has 1 N–H and O–H groups in total. The summed E-state index contributed by atoms with van der Waals surface area (Å²) in [6, 6.07) is 14.8. The fourth-order valence-corrected chi connectivity index (χ4v) is 4.86. The molecule has 0 aliphatic carbocycles. The van der Waals surface area contributed by atoms with Crippen LogP contribution >= 0.6 is 0 Å². The Morgan fingerprint density at radius 2 is 2.06 bits per heavy atom. The molecule has 158 valence electrons. The molecule has 1 aromatic carbocycles. The van der Waals surface area contributed by atoms with Crippen molar-refractivity contribution >= 4 is 29.8 Å². The topological polar surface area (TPSA) is 84.3 Å². The number of anilines is 1. The Morgan fingerprint density at radius 1 is 1.19 bits per heavy atom. The Hall–Kier alpha value is -4.12. The molecule has 32 heavy (non-hydrogen) atoms. The van der Waals surface area contributed by atoms with E-state index >= 15 is 0 Å². The van der Waals surface area contributed by atoms with Gasteiger partial charge in [-0.15, -0.1) is 0 Å². The first-order valence-electron chi connectivity index (χ1n) is 10.7. The number of nitriles is 1. The highest BCUT2D eigenvalue weighted by atomic mass is 15.5. The summed E-state index contributed by atoms with van der Waals surface area (Å²) in [5.74, 6) is 1.72. The van der Waals surface area contributed by atoms with Gasteiger partial charge in [-0.1, -0.05) is 30.9 Å². The molecule has 0 spiro atoms. The summed E-state index contributed by atoms with van der Waals surface area (Å²) in [6.45, 7) is 5.54. The van der Waals surface area contributed by atoms with E-state index in [0.29, 0.717) is 12.1 Å². The van der Waals surface area contributed by atoms with Crippen molar-refractivity contribution in [3.63, 3.8) is 0 Å². The van der Waals surface area contributed by atoms with Gasteiger partial charge in [0, 0.05) is 24.6 Å². The second-order valence-electron chi connectivity index (χ2n) is 8.20. The second-order valence-corrected chi connectivity index (χ2v) is 8.20. The number of benzene rings is 1. The van der Waals surface area contributed by atoms with Crippen molar-refractivity contribution in [1.82, 2.24) is 14.9 Å². The van der Waals surface area contributed by atoms with Crippen molar-refractivity contribution in [2.24, 2.45) is 21.0 Å². The summed E-state index contributed by atoms with van der Waals surface area (Å²) >= 11 is 0. The molecule has 0 saturated carbocycles. The highest BCUT2D eigenvalue weighted by molar-refractivity contribution is 6.06. The fraction of sp³-hybridized carbons (Fsp3) is 0.250. The highest BCUT2D eigenvalue weighted by Crippen LogP contribution is 2.34. The fourth-order valence-electron chi connectivity index (χ4n) is 4.86. The number of rotatable bonds is 3. The van der Waals surface area contributed by atoms with Crippen molar-refractivity contribution in [3.05, 3.63) is 72.2 Å². The number of aliphatic imine (C=N–C) groups is 2. The average Bonchev–Trinajstić information content (AvgIpc) is 3.42. The summed E-state index contributed by atoms with van der Waals surface area (Å²) in [6.07, 6.45) is 8.05. The van der Waals surface area contributed by atoms with E-state index < -0.39 is 0 Å². The van der Waals surface area contributed by atoms with E-state index in [1.54, 1.807) is 12.5 Å². The summed E-state index contributed by atoms with van der Waals surface area (Å²) in [5.41, 5.74) is 3.99. The van der Waals surface area contributed by atoms with E-state index in [1.165, 1.54) is 0 Å². The van der Waals surface area contributed by atoms with Gasteiger partial charge in [-0.2, -0.15) is 10.4 Å². The summed E-state index contributed by atoms with van der Waals surface area (Å²) in [5, 5.41) is 17.9. The number of nitrogens with one attached hydrogen (secondary N) is 1. The minimum atomic E-state index is -0.164. The molecule has 2 unspecified atom stereocenters. The van der Waals surface area contributed by atoms with Crippen molar-refractivity contribution in [3.8, 4) is 6.07 Å². The van der Waals surface area contributed by atoms with Crippen LogP contribution in [-0.4, -0.2) is 46.3 Å². The SMILES string of the molecule is C=Cc1ccn2c1CN(c1ccccc1)C([C@@H]1CCN1C1=NC=NC3NC=C(C#N)C13)=N2. The smallest absolute Gasteiger partial charge is 0.153 e. The Morgan fingerprint density at radius 3 is 2.81 bits per heavy atom. The third-order valence-electron chi connectivity index (χ3n) is 6.58. The average molecular weight is 422 g/mol. The van der Waals surface area contributed by atoms with E-state index in [4.69, 9.17) is 5.10 Å². The highest BCUT2D eigenvalue weighted by Gasteiger charge is 2.45. The molecule has 4 aliphatic rings. The Labute approximate surface area is 186 Å². The van der Waals surface area contributed by atoms with E-state index in [9.17, 15) is 5.26 Å². The lowest BCUT2D eigenvalue weighted by Gasteiger charge is -2.48. The normalized spacial score (nSPS) is 25.5. The largest absolute Gasteiger partial charge is 0.368 e.